The van der Waals surface area contributed by atoms with Crippen molar-refractivity contribution in [2.24, 2.45) is 23.2 Å². The van der Waals surface area contributed by atoms with Crippen LogP contribution < -0.4 is 21.5 Å². The molecule has 150 valence electrons. The summed E-state index contributed by atoms with van der Waals surface area (Å²) in [6, 6.07) is 6.10. The van der Waals surface area contributed by atoms with E-state index in [9.17, 15) is 14.0 Å². The van der Waals surface area contributed by atoms with Crippen LogP contribution in [0.25, 0.3) is 0 Å². The molecule has 4 bridgehead atoms. The lowest BCUT2D eigenvalue weighted by atomic mass is 9.49. The Bertz CT molecular complexity index is 765. The molecule has 4 fully saturated rings. The first-order valence-corrected chi connectivity index (χ1v) is 10.2. The Morgan fingerprint density at radius 1 is 1.04 bits per heavy atom. The molecule has 2 amide bonds. The predicted molar refractivity (Wildman–Crippen MR) is 108 cm³/mol. The second-order valence-corrected chi connectivity index (χ2v) is 8.90. The Morgan fingerprint density at radius 3 is 2.25 bits per heavy atom. The van der Waals surface area contributed by atoms with Crippen LogP contribution in [0.3, 0.4) is 0 Å². The van der Waals surface area contributed by atoms with Crippen molar-refractivity contribution in [1.29, 1.82) is 0 Å². The lowest BCUT2D eigenvalue weighted by Crippen LogP contribution is -2.55. The van der Waals surface area contributed by atoms with Crippen molar-refractivity contribution in [3.63, 3.8) is 0 Å². The molecule has 0 unspecified atom stereocenters. The average molecular weight is 405 g/mol. The molecule has 6 nitrogen and oxygen atoms in total. The molecular formula is C20H25FN4O2S. The summed E-state index contributed by atoms with van der Waals surface area (Å²) in [6.45, 7) is -0.115. The zero-order chi connectivity index (χ0) is 19.7. The Morgan fingerprint density at radius 2 is 1.64 bits per heavy atom. The fraction of sp³-hybridized carbons (Fsp3) is 0.550. The molecule has 0 aliphatic heterocycles. The smallest absolute Gasteiger partial charge is 0.257 e. The molecule has 1 aromatic rings. The molecule has 0 saturated heterocycles. The minimum absolute atomic E-state index is 0.00816. The number of benzene rings is 1. The summed E-state index contributed by atoms with van der Waals surface area (Å²) in [6.07, 6.45) is 6.68. The standard InChI is InChI=1S/C20H25FN4O2S/c21-15-3-1-2-4-16(15)23-19(28)25-24-17(26)11-22-18(27)20-8-12-5-13(9-20)7-14(6-12)10-20/h1-4,12-14H,5-11H2,(H,22,27)(H,24,26)(H2,23,25,28). The van der Waals surface area contributed by atoms with Gasteiger partial charge in [0.25, 0.3) is 5.91 Å². The summed E-state index contributed by atoms with van der Waals surface area (Å²) in [4.78, 5) is 24.9. The normalized spacial score (nSPS) is 29.8. The molecule has 28 heavy (non-hydrogen) atoms. The highest BCUT2D eigenvalue weighted by Crippen LogP contribution is 2.60. The minimum Gasteiger partial charge on any atom is -0.346 e. The Kier molecular flexibility index (Phi) is 5.23. The van der Waals surface area contributed by atoms with Gasteiger partial charge in [0.1, 0.15) is 5.82 Å². The monoisotopic (exact) mass is 404 g/mol. The summed E-state index contributed by atoms with van der Waals surface area (Å²) in [5.41, 5.74) is 4.88. The van der Waals surface area contributed by atoms with Gasteiger partial charge in [0, 0.05) is 5.41 Å². The van der Waals surface area contributed by atoms with Crippen LogP contribution in [-0.2, 0) is 9.59 Å². The predicted octanol–water partition coefficient (Wildman–Crippen LogP) is 2.48. The number of carbonyl (C=O) groups is 2. The molecule has 0 heterocycles. The van der Waals surface area contributed by atoms with Gasteiger partial charge in [-0.1, -0.05) is 12.1 Å². The maximum atomic E-state index is 13.6. The Balaban J connectivity index is 1.22. The number of para-hydroxylation sites is 1. The van der Waals surface area contributed by atoms with E-state index in [1.54, 1.807) is 12.1 Å². The summed E-state index contributed by atoms with van der Waals surface area (Å²) in [5.74, 6) is 1.18. The molecule has 1 aromatic carbocycles. The van der Waals surface area contributed by atoms with Gasteiger partial charge in [-0.05, 0) is 80.6 Å². The van der Waals surface area contributed by atoms with Gasteiger partial charge in [-0.25, -0.2) is 4.39 Å². The first kappa shape index (κ1) is 19.1. The number of thiocarbonyl (C=S) groups is 1. The molecule has 5 rings (SSSR count). The fourth-order valence-electron chi connectivity index (χ4n) is 5.62. The van der Waals surface area contributed by atoms with Crippen LogP contribution in [0.4, 0.5) is 10.1 Å². The van der Waals surface area contributed by atoms with E-state index in [2.05, 4.69) is 21.5 Å². The van der Waals surface area contributed by atoms with Gasteiger partial charge in [0.15, 0.2) is 5.11 Å². The van der Waals surface area contributed by atoms with E-state index < -0.39 is 11.7 Å². The molecule has 0 spiro atoms. The zero-order valence-electron chi connectivity index (χ0n) is 15.6. The minimum atomic E-state index is -0.444. The number of carbonyl (C=O) groups excluding carboxylic acids is 2. The first-order chi connectivity index (χ1) is 13.4. The van der Waals surface area contributed by atoms with E-state index in [0.717, 1.165) is 19.3 Å². The van der Waals surface area contributed by atoms with Crippen LogP contribution in [0, 0.1) is 29.0 Å². The fourth-order valence-corrected chi connectivity index (χ4v) is 5.78. The quantitative estimate of drug-likeness (QED) is 0.458. The van der Waals surface area contributed by atoms with Crippen LogP contribution in [0.15, 0.2) is 24.3 Å². The van der Waals surface area contributed by atoms with Gasteiger partial charge >= 0.3 is 0 Å². The third-order valence-corrected chi connectivity index (χ3v) is 6.57. The van der Waals surface area contributed by atoms with Crippen molar-refractivity contribution in [2.75, 3.05) is 11.9 Å². The van der Waals surface area contributed by atoms with E-state index in [1.807, 2.05) is 0 Å². The SMILES string of the molecule is O=C(CNC(=O)C12CC3CC(CC(C3)C1)C2)NNC(=S)Nc1ccccc1F. The molecule has 4 saturated carbocycles. The lowest BCUT2D eigenvalue weighted by Gasteiger charge is -2.55. The van der Waals surface area contributed by atoms with Crippen LogP contribution in [-0.4, -0.2) is 23.5 Å². The number of amides is 2. The largest absolute Gasteiger partial charge is 0.346 e. The third kappa shape index (κ3) is 3.97. The summed E-state index contributed by atoms with van der Waals surface area (Å²) >= 11 is 5.04. The third-order valence-electron chi connectivity index (χ3n) is 6.37. The number of hydrogen-bond acceptors (Lipinski definition) is 3. The van der Waals surface area contributed by atoms with Crippen LogP contribution in [0.1, 0.15) is 38.5 Å². The summed E-state index contributed by atoms with van der Waals surface area (Å²) < 4.78 is 13.6. The van der Waals surface area contributed by atoms with Crippen LogP contribution in [0.5, 0.6) is 0 Å². The van der Waals surface area contributed by atoms with E-state index in [-0.39, 0.29) is 28.7 Å². The van der Waals surface area contributed by atoms with Crippen molar-refractivity contribution in [2.45, 2.75) is 38.5 Å². The number of halogens is 1. The number of hydrazine groups is 1. The van der Waals surface area contributed by atoms with E-state index in [4.69, 9.17) is 12.2 Å². The van der Waals surface area contributed by atoms with E-state index >= 15 is 0 Å². The highest BCUT2D eigenvalue weighted by atomic mass is 32.1. The number of hydrogen-bond donors (Lipinski definition) is 4. The Labute approximate surface area is 169 Å². The summed E-state index contributed by atoms with van der Waals surface area (Å²) in [5, 5.41) is 5.53. The summed E-state index contributed by atoms with van der Waals surface area (Å²) in [7, 11) is 0. The van der Waals surface area contributed by atoms with Crippen molar-refractivity contribution in [3.8, 4) is 0 Å². The lowest BCUT2D eigenvalue weighted by molar-refractivity contribution is -0.147. The van der Waals surface area contributed by atoms with Gasteiger partial charge in [-0.15, -0.1) is 0 Å². The maximum absolute atomic E-state index is 13.6. The van der Waals surface area contributed by atoms with Gasteiger partial charge in [0.2, 0.25) is 5.91 Å². The van der Waals surface area contributed by atoms with Gasteiger partial charge in [-0.3, -0.25) is 20.4 Å². The maximum Gasteiger partial charge on any atom is 0.257 e. The van der Waals surface area contributed by atoms with Gasteiger partial charge < -0.3 is 10.6 Å². The molecule has 0 radical (unpaired) electrons. The molecule has 0 atom stereocenters. The highest BCUT2D eigenvalue weighted by molar-refractivity contribution is 7.80. The first-order valence-electron chi connectivity index (χ1n) is 9.82. The van der Waals surface area contributed by atoms with Crippen LogP contribution in [0.2, 0.25) is 0 Å². The second-order valence-electron chi connectivity index (χ2n) is 8.49. The second kappa shape index (κ2) is 7.66. The number of nitrogens with one attached hydrogen (secondary N) is 4. The van der Waals surface area contributed by atoms with Gasteiger partial charge in [-0.2, -0.15) is 0 Å². The number of rotatable bonds is 4. The molecule has 4 aliphatic rings. The molecule has 4 N–H and O–H groups in total. The Hall–Kier alpha value is -2.22. The number of anilines is 1. The van der Waals surface area contributed by atoms with Crippen molar-refractivity contribution >= 4 is 34.8 Å². The topological polar surface area (TPSA) is 82.3 Å². The van der Waals surface area contributed by atoms with Crippen molar-refractivity contribution < 1.29 is 14.0 Å². The van der Waals surface area contributed by atoms with Crippen molar-refractivity contribution in [3.05, 3.63) is 30.1 Å². The molecule has 4 aliphatic carbocycles. The average Bonchev–Trinajstić information content (AvgIpc) is 2.65. The van der Waals surface area contributed by atoms with Crippen LogP contribution >= 0.6 is 12.2 Å². The van der Waals surface area contributed by atoms with E-state index in [1.165, 1.54) is 31.4 Å². The molecule has 8 heteroatoms. The zero-order valence-corrected chi connectivity index (χ0v) is 16.4. The van der Waals surface area contributed by atoms with Crippen molar-refractivity contribution in [1.82, 2.24) is 16.2 Å². The van der Waals surface area contributed by atoms with Gasteiger partial charge in [0.05, 0.1) is 12.2 Å². The highest BCUT2D eigenvalue weighted by Gasteiger charge is 2.54. The molecular weight excluding hydrogens is 379 g/mol. The molecule has 0 aromatic heterocycles. The van der Waals surface area contributed by atoms with E-state index in [0.29, 0.717) is 17.8 Å².